The molecule has 1 heterocycles. The van der Waals surface area contributed by atoms with Crippen molar-refractivity contribution >= 4 is 11.6 Å². The van der Waals surface area contributed by atoms with Gasteiger partial charge in [0.05, 0.1) is 17.2 Å². The van der Waals surface area contributed by atoms with Crippen LogP contribution in [0.25, 0.3) is 0 Å². The average Bonchev–Trinajstić information content (AvgIpc) is 2.44. The fourth-order valence-electron chi connectivity index (χ4n) is 1.51. The van der Waals surface area contributed by atoms with Gasteiger partial charge < -0.3 is 0 Å². The van der Waals surface area contributed by atoms with Gasteiger partial charge in [0.1, 0.15) is 0 Å². The molecule has 0 spiro atoms. The van der Waals surface area contributed by atoms with Crippen LogP contribution in [0.2, 0.25) is 0 Å². The molecule has 1 atom stereocenters. The molecule has 1 aromatic rings. The second kappa shape index (κ2) is 3.35. The maximum absolute atomic E-state index is 12.0. The summed E-state index contributed by atoms with van der Waals surface area (Å²) in [5, 5.41) is 1.39. The predicted octanol–water partition coefficient (Wildman–Crippen LogP) is 2.38. The lowest BCUT2D eigenvalue weighted by molar-refractivity contribution is -0.124. The number of carbonyl (C=O) groups excluding carboxylic acids is 1. The molecule has 3 heteroatoms. The minimum Gasteiger partial charge on any atom is -0.271 e. The van der Waals surface area contributed by atoms with Crippen LogP contribution in [0.4, 0.5) is 5.69 Å². The average molecular weight is 205 g/mol. The molecule has 0 aliphatic carbocycles. The quantitative estimate of drug-likeness (QED) is 0.704. The van der Waals surface area contributed by atoms with Crippen LogP contribution in [0, 0.1) is 5.41 Å². The summed E-state index contributed by atoms with van der Waals surface area (Å²) >= 11 is 0. The summed E-state index contributed by atoms with van der Waals surface area (Å²) < 4.78 is 0. The van der Waals surface area contributed by atoms with E-state index in [1.165, 1.54) is 5.06 Å². The van der Waals surface area contributed by atoms with Crippen LogP contribution in [0.5, 0.6) is 0 Å². The SMILES string of the molecule is CC1ON(c2ccccc2)C(=O)C1(C)C. The largest absolute Gasteiger partial charge is 0.271 e. The number of amides is 1. The number of hydroxylamine groups is 1. The summed E-state index contributed by atoms with van der Waals surface area (Å²) in [5.41, 5.74) is 0.343. The first-order valence-corrected chi connectivity index (χ1v) is 5.10. The van der Waals surface area contributed by atoms with Crippen molar-refractivity contribution in [3.63, 3.8) is 0 Å². The van der Waals surface area contributed by atoms with E-state index in [0.29, 0.717) is 0 Å². The molecular formula is C12H15NO2. The van der Waals surface area contributed by atoms with Gasteiger partial charge in [-0.1, -0.05) is 18.2 Å². The van der Waals surface area contributed by atoms with Gasteiger partial charge >= 0.3 is 0 Å². The van der Waals surface area contributed by atoms with Gasteiger partial charge in [-0.3, -0.25) is 9.63 Å². The standard InChI is InChI=1S/C12H15NO2/c1-9-12(2,3)11(14)13(15-9)10-7-5-4-6-8-10/h4-9H,1-3H3. The van der Waals surface area contributed by atoms with Crippen molar-refractivity contribution in [3.8, 4) is 0 Å². The Balaban J connectivity index is 2.32. The molecule has 1 saturated heterocycles. The molecule has 1 fully saturated rings. The van der Waals surface area contributed by atoms with Crippen LogP contribution in [-0.2, 0) is 9.63 Å². The second-order valence-electron chi connectivity index (χ2n) is 4.40. The molecule has 0 aromatic heterocycles. The number of benzene rings is 1. The number of hydrogen-bond acceptors (Lipinski definition) is 2. The fraction of sp³-hybridized carbons (Fsp3) is 0.417. The molecule has 2 rings (SSSR count). The lowest BCUT2D eigenvalue weighted by Crippen LogP contribution is -2.32. The van der Waals surface area contributed by atoms with E-state index in [1.54, 1.807) is 0 Å². The number of hydrogen-bond donors (Lipinski definition) is 0. The molecule has 1 amide bonds. The summed E-state index contributed by atoms with van der Waals surface area (Å²) in [4.78, 5) is 17.6. The number of carbonyl (C=O) groups is 1. The van der Waals surface area contributed by atoms with Crippen LogP contribution in [0.1, 0.15) is 20.8 Å². The summed E-state index contributed by atoms with van der Waals surface area (Å²) in [7, 11) is 0. The van der Waals surface area contributed by atoms with E-state index >= 15 is 0 Å². The van der Waals surface area contributed by atoms with E-state index in [2.05, 4.69) is 0 Å². The second-order valence-corrected chi connectivity index (χ2v) is 4.40. The van der Waals surface area contributed by atoms with Crippen molar-refractivity contribution in [1.29, 1.82) is 0 Å². The Labute approximate surface area is 89.6 Å². The van der Waals surface area contributed by atoms with Gasteiger partial charge in [-0.05, 0) is 32.9 Å². The summed E-state index contributed by atoms with van der Waals surface area (Å²) in [6, 6.07) is 9.43. The lowest BCUT2D eigenvalue weighted by Gasteiger charge is -2.16. The third-order valence-electron chi connectivity index (χ3n) is 3.01. The van der Waals surface area contributed by atoms with Crippen molar-refractivity contribution in [3.05, 3.63) is 30.3 Å². The molecule has 1 aliphatic heterocycles. The molecule has 1 unspecified atom stereocenters. The van der Waals surface area contributed by atoms with Crippen LogP contribution in [0.15, 0.2) is 30.3 Å². The van der Waals surface area contributed by atoms with E-state index in [0.717, 1.165) is 5.69 Å². The van der Waals surface area contributed by atoms with E-state index in [-0.39, 0.29) is 12.0 Å². The first-order valence-electron chi connectivity index (χ1n) is 5.10. The zero-order chi connectivity index (χ0) is 11.1. The normalized spacial score (nSPS) is 24.6. The molecule has 15 heavy (non-hydrogen) atoms. The third kappa shape index (κ3) is 1.53. The lowest BCUT2D eigenvalue weighted by atomic mass is 9.87. The van der Waals surface area contributed by atoms with Crippen LogP contribution in [0.3, 0.4) is 0 Å². The zero-order valence-corrected chi connectivity index (χ0v) is 9.23. The van der Waals surface area contributed by atoms with Crippen LogP contribution < -0.4 is 5.06 Å². The van der Waals surface area contributed by atoms with Crippen molar-refractivity contribution in [2.24, 2.45) is 5.41 Å². The van der Waals surface area contributed by atoms with Gasteiger partial charge in [0.2, 0.25) is 0 Å². The Morgan fingerprint density at radius 3 is 2.33 bits per heavy atom. The fourth-order valence-corrected chi connectivity index (χ4v) is 1.51. The molecule has 1 aliphatic rings. The first kappa shape index (κ1) is 10.2. The van der Waals surface area contributed by atoms with Crippen molar-refractivity contribution < 1.29 is 9.63 Å². The smallest absolute Gasteiger partial charge is 0.259 e. The van der Waals surface area contributed by atoms with Gasteiger partial charge in [-0.2, -0.15) is 5.06 Å². The summed E-state index contributed by atoms with van der Waals surface area (Å²) in [6.45, 7) is 5.73. The highest BCUT2D eigenvalue weighted by atomic mass is 16.7. The molecule has 0 saturated carbocycles. The van der Waals surface area contributed by atoms with E-state index in [4.69, 9.17) is 4.84 Å². The van der Waals surface area contributed by atoms with Crippen molar-refractivity contribution in [1.82, 2.24) is 0 Å². The Morgan fingerprint density at radius 1 is 1.27 bits per heavy atom. The van der Waals surface area contributed by atoms with Crippen LogP contribution in [-0.4, -0.2) is 12.0 Å². The van der Waals surface area contributed by atoms with Gasteiger partial charge in [-0.15, -0.1) is 0 Å². The summed E-state index contributed by atoms with van der Waals surface area (Å²) in [6.07, 6.45) is -0.0924. The Bertz CT molecular complexity index is 372. The highest BCUT2D eigenvalue weighted by Gasteiger charge is 2.47. The third-order valence-corrected chi connectivity index (χ3v) is 3.01. The van der Waals surface area contributed by atoms with Crippen molar-refractivity contribution in [2.45, 2.75) is 26.9 Å². The van der Waals surface area contributed by atoms with Crippen LogP contribution >= 0.6 is 0 Å². The van der Waals surface area contributed by atoms with E-state index in [9.17, 15) is 4.79 Å². The first-order chi connectivity index (χ1) is 7.03. The van der Waals surface area contributed by atoms with Gasteiger partial charge in [0.25, 0.3) is 5.91 Å². The molecule has 3 nitrogen and oxygen atoms in total. The molecule has 0 N–H and O–H groups in total. The number of nitrogens with zero attached hydrogens (tertiary/aromatic N) is 1. The topological polar surface area (TPSA) is 29.5 Å². The van der Waals surface area contributed by atoms with E-state index < -0.39 is 5.41 Å². The molecular weight excluding hydrogens is 190 g/mol. The monoisotopic (exact) mass is 205 g/mol. The Kier molecular flexibility index (Phi) is 2.27. The number of anilines is 1. The van der Waals surface area contributed by atoms with Gasteiger partial charge in [0, 0.05) is 0 Å². The minimum atomic E-state index is -0.449. The molecule has 0 radical (unpaired) electrons. The zero-order valence-electron chi connectivity index (χ0n) is 9.23. The maximum atomic E-state index is 12.0. The van der Waals surface area contributed by atoms with E-state index in [1.807, 2.05) is 51.1 Å². The minimum absolute atomic E-state index is 0.0150. The Morgan fingerprint density at radius 2 is 1.87 bits per heavy atom. The van der Waals surface area contributed by atoms with Gasteiger partial charge in [-0.25, -0.2) is 0 Å². The number of para-hydroxylation sites is 1. The van der Waals surface area contributed by atoms with Gasteiger partial charge in [0.15, 0.2) is 0 Å². The Hall–Kier alpha value is -1.35. The van der Waals surface area contributed by atoms with Crippen molar-refractivity contribution in [2.75, 3.05) is 5.06 Å². The molecule has 1 aromatic carbocycles. The number of rotatable bonds is 1. The summed E-state index contributed by atoms with van der Waals surface area (Å²) in [5.74, 6) is 0.0150. The highest BCUT2D eigenvalue weighted by molar-refractivity contribution is 5.97. The predicted molar refractivity (Wildman–Crippen MR) is 58.3 cm³/mol. The molecule has 80 valence electrons. The molecule has 0 bridgehead atoms. The highest BCUT2D eigenvalue weighted by Crippen LogP contribution is 2.36. The maximum Gasteiger partial charge on any atom is 0.259 e.